The Labute approximate surface area is 151 Å². The number of carbonyl (C=O) groups is 3. The average molecular weight is 411 g/mol. The Bertz CT molecular complexity index is 756. The first-order chi connectivity index (χ1) is 12.0. The van der Waals surface area contributed by atoms with Crippen molar-refractivity contribution in [1.82, 2.24) is 10.9 Å². The third-order valence-corrected chi connectivity index (χ3v) is 3.47. The third kappa shape index (κ3) is 5.96. The minimum Gasteiger partial charge on any atom is -0.484 e. The fourth-order valence-electron chi connectivity index (χ4n) is 1.70. The maximum atomic E-state index is 11.7. The number of amides is 2. The first-order valence-corrected chi connectivity index (χ1v) is 7.92. The molecule has 0 unspecified atom stereocenters. The molecule has 0 aliphatic heterocycles. The molecule has 8 nitrogen and oxygen atoms in total. The summed E-state index contributed by atoms with van der Waals surface area (Å²) < 4.78 is 15.9. The van der Waals surface area contributed by atoms with E-state index in [1.165, 1.54) is 12.3 Å². The Hall–Kier alpha value is -2.81. The Morgan fingerprint density at radius 1 is 1.04 bits per heavy atom. The SMILES string of the molecule is Cc1occc1C(=O)OCC(=O)NNC(=O)COc1ccc(Br)cc1. The lowest BCUT2D eigenvalue weighted by molar-refractivity contribution is -0.131. The van der Waals surface area contributed by atoms with Crippen LogP contribution in [0.1, 0.15) is 16.1 Å². The van der Waals surface area contributed by atoms with Crippen molar-refractivity contribution in [3.63, 3.8) is 0 Å². The van der Waals surface area contributed by atoms with Gasteiger partial charge in [0.2, 0.25) is 0 Å². The molecular formula is C16H15BrN2O6. The molecule has 2 rings (SSSR count). The first-order valence-electron chi connectivity index (χ1n) is 7.13. The summed E-state index contributed by atoms with van der Waals surface area (Å²) in [5, 5.41) is 0. The summed E-state index contributed by atoms with van der Waals surface area (Å²) in [5.74, 6) is -1.04. The van der Waals surface area contributed by atoms with Crippen LogP contribution in [-0.4, -0.2) is 31.0 Å². The highest BCUT2D eigenvalue weighted by Crippen LogP contribution is 2.15. The van der Waals surface area contributed by atoms with Gasteiger partial charge in [0, 0.05) is 4.47 Å². The number of aryl methyl sites for hydroxylation is 1. The van der Waals surface area contributed by atoms with Gasteiger partial charge in [-0.05, 0) is 37.3 Å². The number of carbonyl (C=O) groups excluding carboxylic acids is 3. The van der Waals surface area contributed by atoms with Crippen molar-refractivity contribution in [2.75, 3.05) is 13.2 Å². The predicted molar refractivity (Wildman–Crippen MR) is 89.6 cm³/mol. The van der Waals surface area contributed by atoms with Crippen molar-refractivity contribution in [2.24, 2.45) is 0 Å². The highest BCUT2D eigenvalue weighted by molar-refractivity contribution is 9.10. The summed E-state index contributed by atoms with van der Waals surface area (Å²) in [7, 11) is 0. The number of hydrazine groups is 1. The Kier molecular flexibility index (Phi) is 6.58. The molecule has 1 aromatic heterocycles. The number of hydrogen-bond acceptors (Lipinski definition) is 6. The molecule has 0 bridgehead atoms. The van der Waals surface area contributed by atoms with Gasteiger partial charge in [-0.25, -0.2) is 4.79 Å². The molecule has 0 saturated heterocycles. The van der Waals surface area contributed by atoms with Crippen molar-refractivity contribution < 1.29 is 28.3 Å². The molecule has 0 radical (unpaired) electrons. The van der Waals surface area contributed by atoms with Gasteiger partial charge in [-0.3, -0.25) is 20.4 Å². The molecule has 2 N–H and O–H groups in total. The number of rotatable bonds is 6. The molecule has 0 spiro atoms. The second kappa shape index (κ2) is 8.88. The Morgan fingerprint density at radius 3 is 2.28 bits per heavy atom. The fourth-order valence-corrected chi connectivity index (χ4v) is 1.96. The van der Waals surface area contributed by atoms with Crippen LogP contribution in [0.3, 0.4) is 0 Å². The van der Waals surface area contributed by atoms with E-state index in [2.05, 4.69) is 26.8 Å². The van der Waals surface area contributed by atoms with Crippen molar-refractivity contribution in [1.29, 1.82) is 0 Å². The van der Waals surface area contributed by atoms with Gasteiger partial charge < -0.3 is 13.9 Å². The molecule has 25 heavy (non-hydrogen) atoms. The highest BCUT2D eigenvalue weighted by atomic mass is 79.9. The topological polar surface area (TPSA) is 107 Å². The van der Waals surface area contributed by atoms with Crippen LogP contribution < -0.4 is 15.6 Å². The number of hydrogen-bond donors (Lipinski definition) is 2. The number of furan rings is 1. The van der Waals surface area contributed by atoms with Gasteiger partial charge in [0.25, 0.3) is 11.8 Å². The third-order valence-electron chi connectivity index (χ3n) is 2.94. The highest BCUT2D eigenvalue weighted by Gasteiger charge is 2.15. The van der Waals surface area contributed by atoms with E-state index in [4.69, 9.17) is 13.9 Å². The quantitative estimate of drug-likeness (QED) is 0.554. The smallest absolute Gasteiger partial charge is 0.342 e. The molecule has 0 atom stereocenters. The maximum Gasteiger partial charge on any atom is 0.342 e. The van der Waals surface area contributed by atoms with E-state index in [0.717, 1.165) is 4.47 Å². The van der Waals surface area contributed by atoms with Gasteiger partial charge >= 0.3 is 5.97 Å². The van der Waals surface area contributed by atoms with Gasteiger partial charge in [0.05, 0.1) is 6.26 Å². The van der Waals surface area contributed by atoms with E-state index in [0.29, 0.717) is 11.5 Å². The molecule has 2 aromatic rings. The van der Waals surface area contributed by atoms with E-state index >= 15 is 0 Å². The van der Waals surface area contributed by atoms with E-state index in [1.807, 2.05) is 0 Å². The minimum atomic E-state index is -0.689. The van der Waals surface area contributed by atoms with Gasteiger partial charge in [-0.15, -0.1) is 0 Å². The Morgan fingerprint density at radius 2 is 1.68 bits per heavy atom. The number of nitrogens with one attached hydrogen (secondary N) is 2. The van der Waals surface area contributed by atoms with Crippen LogP contribution in [0.4, 0.5) is 0 Å². The van der Waals surface area contributed by atoms with E-state index in [9.17, 15) is 14.4 Å². The molecule has 132 valence electrons. The second-order valence-corrected chi connectivity index (χ2v) is 5.72. The van der Waals surface area contributed by atoms with Gasteiger partial charge in [-0.1, -0.05) is 15.9 Å². The lowest BCUT2D eigenvalue weighted by atomic mass is 10.3. The van der Waals surface area contributed by atoms with Crippen LogP contribution in [-0.2, 0) is 14.3 Å². The van der Waals surface area contributed by atoms with Crippen molar-refractivity contribution in [3.8, 4) is 5.75 Å². The summed E-state index contributed by atoms with van der Waals surface area (Å²) in [4.78, 5) is 34.8. The molecule has 9 heteroatoms. The molecular weight excluding hydrogens is 396 g/mol. The van der Waals surface area contributed by atoms with Crippen molar-refractivity contribution in [2.45, 2.75) is 6.92 Å². The van der Waals surface area contributed by atoms with Gasteiger partial charge in [0.1, 0.15) is 17.1 Å². The zero-order chi connectivity index (χ0) is 18.2. The molecule has 1 aromatic carbocycles. The standard InChI is InChI=1S/C16H15BrN2O6/c1-10-13(6-7-23-10)16(22)25-9-15(21)19-18-14(20)8-24-12-4-2-11(17)3-5-12/h2-7H,8-9H2,1H3,(H,18,20)(H,19,21). The maximum absolute atomic E-state index is 11.7. The predicted octanol–water partition coefficient (Wildman–Crippen LogP) is 1.73. The van der Waals surface area contributed by atoms with E-state index in [-0.39, 0.29) is 12.2 Å². The number of esters is 1. The summed E-state index contributed by atoms with van der Waals surface area (Å²) in [6.07, 6.45) is 1.34. The molecule has 1 heterocycles. The largest absolute Gasteiger partial charge is 0.484 e. The van der Waals surface area contributed by atoms with Crippen molar-refractivity contribution >= 4 is 33.7 Å². The van der Waals surface area contributed by atoms with Gasteiger partial charge in [-0.2, -0.15) is 0 Å². The molecule has 0 fully saturated rings. The van der Waals surface area contributed by atoms with E-state index < -0.39 is 24.4 Å². The van der Waals surface area contributed by atoms with Crippen LogP contribution in [0.5, 0.6) is 5.75 Å². The summed E-state index contributed by atoms with van der Waals surface area (Å²) >= 11 is 3.28. The van der Waals surface area contributed by atoms with Gasteiger partial charge in [0.15, 0.2) is 13.2 Å². The summed E-state index contributed by atoms with van der Waals surface area (Å²) in [6, 6.07) is 8.35. The fraction of sp³-hybridized carbons (Fsp3) is 0.188. The number of ether oxygens (including phenoxy) is 2. The van der Waals surface area contributed by atoms with Crippen LogP contribution in [0.2, 0.25) is 0 Å². The first kappa shape index (κ1) is 18.5. The molecule has 0 aliphatic carbocycles. The molecule has 0 aliphatic rings. The second-order valence-electron chi connectivity index (χ2n) is 4.81. The normalized spacial score (nSPS) is 10.0. The number of benzene rings is 1. The zero-order valence-corrected chi connectivity index (χ0v) is 14.8. The number of halogens is 1. The van der Waals surface area contributed by atoms with E-state index in [1.54, 1.807) is 31.2 Å². The molecule has 0 saturated carbocycles. The van der Waals surface area contributed by atoms with Crippen LogP contribution in [0.15, 0.2) is 45.5 Å². The van der Waals surface area contributed by atoms with Crippen LogP contribution in [0, 0.1) is 6.92 Å². The lowest BCUT2D eigenvalue weighted by Crippen LogP contribution is -2.45. The monoisotopic (exact) mass is 410 g/mol. The average Bonchev–Trinajstić information content (AvgIpc) is 3.03. The Balaban J connectivity index is 1.65. The lowest BCUT2D eigenvalue weighted by Gasteiger charge is -2.09. The van der Waals surface area contributed by atoms with Crippen LogP contribution >= 0.6 is 15.9 Å². The minimum absolute atomic E-state index is 0.236. The zero-order valence-electron chi connectivity index (χ0n) is 13.2. The molecule has 2 amide bonds. The summed E-state index contributed by atoms with van der Waals surface area (Å²) in [5.41, 5.74) is 4.50. The van der Waals surface area contributed by atoms with Crippen LogP contribution in [0.25, 0.3) is 0 Å². The van der Waals surface area contributed by atoms with Crippen molar-refractivity contribution in [3.05, 3.63) is 52.4 Å². The summed E-state index contributed by atoms with van der Waals surface area (Å²) in [6.45, 7) is 0.773.